The van der Waals surface area contributed by atoms with E-state index in [2.05, 4.69) is 27.4 Å². The summed E-state index contributed by atoms with van der Waals surface area (Å²) in [5, 5.41) is 7.48. The second kappa shape index (κ2) is 5.09. The van der Waals surface area contributed by atoms with E-state index in [0.29, 0.717) is 12.2 Å². The van der Waals surface area contributed by atoms with Gasteiger partial charge in [0.25, 0.3) is 0 Å². The smallest absolute Gasteiger partial charge is 0.234 e. The van der Waals surface area contributed by atoms with Gasteiger partial charge in [-0.05, 0) is 31.5 Å². The molecule has 0 aromatic carbocycles. The number of pyridine rings is 1. The van der Waals surface area contributed by atoms with Crippen LogP contribution in [0.4, 0.5) is 0 Å². The number of aromatic nitrogens is 3. The molecule has 1 saturated heterocycles. The first-order valence-electron chi connectivity index (χ1n) is 6.76. The molecule has 5 heteroatoms. The summed E-state index contributed by atoms with van der Waals surface area (Å²) in [6.45, 7) is 4.12. The van der Waals surface area contributed by atoms with Crippen molar-refractivity contribution < 1.29 is 4.52 Å². The van der Waals surface area contributed by atoms with Crippen molar-refractivity contribution in [3.05, 3.63) is 41.8 Å². The lowest BCUT2D eigenvalue weighted by Crippen LogP contribution is -2.28. The van der Waals surface area contributed by atoms with Gasteiger partial charge >= 0.3 is 0 Å². The molecule has 1 aliphatic rings. The fraction of sp³-hybridized carbons (Fsp3) is 0.500. The number of rotatable bonds is 4. The van der Waals surface area contributed by atoms with Gasteiger partial charge in [-0.15, -0.1) is 0 Å². The maximum absolute atomic E-state index is 5.49. The Hall–Kier alpha value is -1.75. The van der Waals surface area contributed by atoms with Crippen molar-refractivity contribution in [3.8, 4) is 0 Å². The van der Waals surface area contributed by atoms with Gasteiger partial charge in [0.15, 0.2) is 5.82 Å². The summed E-state index contributed by atoms with van der Waals surface area (Å²) in [5.74, 6) is 1.49. The number of nitrogens with zero attached hydrogens (tertiary/aromatic N) is 3. The highest BCUT2D eigenvalue weighted by Crippen LogP contribution is 2.32. The van der Waals surface area contributed by atoms with Crippen LogP contribution in [-0.2, 0) is 11.8 Å². The molecule has 1 fully saturated rings. The Balaban J connectivity index is 1.79. The molecule has 2 aromatic rings. The third kappa shape index (κ3) is 2.38. The summed E-state index contributed by atoms with van der Waals surface area (Å²) < 4.78 is 5.49. The number of hydrogen-bond donors (Lipinski definition) is 1. The van der Waals surface area contributed by atoms with E-state index in [0.717, 1.165) is 37.5 Å². The first kappa shape index (κ1) is 12.3. The third-order valence-electron chi connectivity index (χ3n) is 3.91. The molecule has 100 valence electrons. The summed E-state index contributed by atoms with van der Waals surface area (Å²) in [5.41, 5.74) is 0.986. The first-order chi connectivity index (χ1) is 9.32. The minimum atomic E-state index is 0.0232. The van der Waals surface area contributed by atoms with Crippen LogP contribution in [0.15, 0.2) is 28.9 Å². The van der Waals surface area contributed by atoms with Gasteiger partial charge in [-0.1, -0.05) is 18.1 Å². The van der Waals surface area contributed by atoms with Crippen LogP contribution in [0.3, 0.4) is 0 Å². The zero-order chi connectivity index (χ0) is 13.1. The predicted molar refractivity (Wildman–Crippen MR) is 70.8 cm³/mol. The lowest BCUT2D eigenvalue weighted by atomic mass is 9.84. The molecular formula is C14H18N4O. The maximum atomic E-state index is 5.49. The summed E-state index contributed by atoms with van der Waals surface area (Å²) >= 11 is 0. The van der Waals surface area contributed by atoms with Gasteiger partial charge in [-0.3, -0.25) is 4.98 Å². The molecule has 5 nitrogen and oxygen atoms in total. The molecular weight excluding hydrogens is 240 g/mol. The van der Waals surface area contributed by atoms with Crippen LogP contribution in [0, 0.1) is 0 Å². The monoisotopic (exact) mass is 258 g/mol. The van der Waals surface area contributed by atoms with Crippen LogP contribution in [0.5, 0.6) is 0 Å². The first-order valence-corrected chi connectivity index (χ1v) is 6.76. The molecule has 3 heterocycles. The molecule has 0 amide bonds. The normalized spacial score (nSPS) is 22.8. The molecule has 0 saturated carbocycles. The Kier molecular flexibility index (Phi) is 3.29. The van der Waals surface area contributed by atoms with Crippen LogP contribution in [0.1, 0.15) is 37.2 Å². The van der Waals surface area contributed by atoms with E-state index in [1.54, 1.807) is 6.20 Å². The molecule has 1 unspecified atom stereocenters. The van der Waals surface area contributed by atoms with Crippen molar-refractivity contribution in [2.24, 2.45) is 0 Å². The van der Waals surface area contributed by atoms with Crippen molar-refractivity contribution in [1.82, 2.24) is 20.4 Å². The lowest BCUT2D eigenvalue weighted by molar-refractivity contribution is 0.283. The van der Waals surface area contributed by atoms with Crippen LogP contribution in [0.2, 0.25) is 0 Å². The quantitative estimate of drug-likeness (QED) is 0.904. The molecule has 1 atom stereocenters. The molecule has 3 rings (SSSR count). The zero-order valence-corrected chi connectivity index (χ0v) is 11.1. The van der Waals surface area contributed by atoms with E-state index >= 15 is 0 Å². The van der Waals surface area contributed by atoms with Gasteiger partial charge in [0, 0.05) is 18.4 Å². The Labute approximate surface area is 112 Å². The predicted octanol–water partition coefficient (Wildman–Crippen LogP) is 1.70. The van der Waals surface area contributed by atoms with Gasteiger partial charge < -0.3 is 9.84 Å². The molecule has 0 aliphatic carbocycles. The van der Waals surface area contributed by atoms with E-state index < -0.39 is 0 Å². The van der Waals surface area contributed by atoms with Crippen molar-refractivity contribution in [2.75, 3.05) is 13.1 Å². The summed E-state index contributed by atoms with van der Waals surface area (Å²) in [4.78, 5) is 8.86. The highest BCUT2D eigenvalue weighted by atomic mass is 16.5. The molecule has 1 aliphatic heterocycles. The average Bonchev–Trinajstić information content (AvgIpc) is 3.09. The van der Waals surface area contributed by atoms with Crippen molar-refractivity contribution in [3.63, 3.8) is 0 Å². The van der Waals surface area contributed by atoms with Crippen LogP contribution >= 0.6 is 0 Å². The second-order valence-corrected chi connectivity index (χ2v) is 5.07. The van der Waals surface area contributed by atoms with Crippen LogP contribution in [-0.4, -0.2) is 28.2 Å². The van der Waals surface area contributed by atoms with Crippen molar-refractivity contribution >= 4 is 0 Å². The summed E-state index contributed by atoms with van der Waals surface area (Å²) in [6, 6.07) is 5.85. The number of hydrogen-bond acceptors (Lipinski definition) is 5. The topological polar surface area (TPSA) is 63.8 Å². The Morgan fingerprint density at radius 2 is 2.37 bits per heavy atom. The highest BCUT2D eigenvalue weighted by Gasteiger charge is 2.39. The van der Waals surface area contributed by atoms with E-state index in [4.69, 9.17) is 4.52 Å². The fourth-order valence-corrected chi connectivity index (χ4v) is 2.59. The largest absolute Gasteiger partial charge is 0.339 e. The van der Waals surface area contributed by atoms with E-state index in [1.165, 1.54) is 0 Å². The van der Waals surface area contributed by atoms with E-state index in [9.17, 15) is 0 Å². The minimum Gasteiger partial charge on any atom is -0.339 e. The summed E-state index contributed by atoms with van der Waals surface area (Å²) in [7, 11) is 0. The maximum Gasteiger partial charge on any atom is 0.234 e. The minimum absolute atomic E-state index is 0.0232. The van der Waals surface area contributed by atoms with Gasteiger partial charge in [0.1, 0.15) is 0 Å². The molecule has 2 aromatic heterocycles. The van der Waals surface area contributed by atoms with Gasteiger partial charge in [-0.25, -0.2) is 0 Å². The number of nitrogens with one attached hydrogen (secondary N) is 1. The molecule has 0 bridgehead atoms. The van der Waals surface area contributed by atoms with Crippen molar-refractivity contribution in [1.29, 1.82) is 0 Å². The molecule has 19 heavy (non-hydrogen) atoms. The van der Waals surface area contributed by atoms with E-state index in [1.807, 2.05) is 18.2 Å². The second-order valence-electron chi connectivity index (χ2n) is 5.07. The zero-order valence-electron chi connectivity index (χ0n) is 11.1. The van der Waals surface area contributed by atoms with E-state index in [-0.39, 0.29) is 5.41 Å². The van der Waals surface area contributed by atoms with Gasteiger partial charge in [-0.2, -0.15) is 4.98 Å². The SMILES string of the molecule is CCC1(c2nc(Cc3ccccn3)no2)CCNC1. The van der Waals surface area contributed by atoms with Crippen LogP contribution < -0.4 is 5.32 Å². The average molecular weight is 258 g/mol. The van der Waals surface area contributed by atoms with Crippen LogP contribution in [0.25, 0.3) is 0 Å². The van der Waals surface area contributed by atoms with Crippen molar-refractivity contribution in [2.45, 2.75) is 31.6 Å². The standard InChI is InChI=1S/C14H18N4O/c1-2-14(6-8-15-10-14)13-17-12(18-19-13)9-11-5-3-4-7-16-11/h3-5,7,15H,2,6,8-10H2,1H3. The fourth-order valence-electron chi connectivity index (χ4n) is 2.59. The Morgan fingerprint density at radius 3 is 3.05 bits per heavy atom. The molecule has 0 radical (unpaired) electrons. The third-order valence-corrected chi connectivity index (χ3v) is 3.91. The Morgan fingerprint density at radius 1 is 1.42 bits per heavy atom. The van der Waals surface area contributed by atoms with Gasteiger partial charge in [0.2, 0.25) is 5.89 Å². The molecule has 0 spiro atoms. The van der Waals surface area contributed by atoms with Gasteiger partial charge in [0.05, 0.1) is 11.8 Å². The highest BCUT2D eigenvalue weighted by molar-refractivity contribution is 5.13. The Bertz CT molecular complexity index is 531. The lowest BCUT2D eigenvalue weighted by Gasteiger charge is -2.20. The summed E-state index contributed by atoms with van der Waals surface area (Å²) in [6.07, 6.45) is 4.49. The molecule has 1 N–H and O–H groups in total.